The molecule has 0 unspecified atom stereocenters. The Morgan fingerprint density at radius 3 is 2.29 bits per heavy atom. The molecule has 1 aliphatic rings. The lowest BCUT2D eigenvalue weighted by Crippen LogP contribution is -2.44. The number of amides is 1. The summed E-state index contributed by atoms with van der Waals surface area (Å²) in [5.74, 6) is 0.0375. The molecular formula is C21H23NO6. The number of carbonyl (C=O) groups excluding carboxylic acids is 2. The summed E-state index contributed by atoms with van der Waals surface area (Å²) in [5, 5.41) is 0. The summed E-state index contributed by atoms with van der Waals surface area (Å²) in [6.07, 6.45) is -1.03. The van der Waals surface area contributed by atoms with Crippen molar-refractivity contribution in [2.75, 3.05) is 40.5 Å². The molecule has 0 spiro atoms. The van der Waals surface area contributed by atoms with Crippen LogP contribution in [0.4, 0.5) is 0 Å². The van der Waals surface area contributed by atoms with E-state index in [0.29, 0.717) is 43.4 Å². The Morgan fingerprint density at radius 2 is 1.64 bits per heavy atom. The van der Waals surface area contributed by atoms with E-state index in [9.17, 15) is 9.59 Å². The number of methoxy groups -OCH3 is 2. The van der Waals surface area contributed by atoms with E-state index >= 15 is 0 Å². The molecule has 0 N–H and O–H groups in total. The van der Waals surface area contributed by atoms with Gasteiger partial charge in [0.1, 0.15) is 0 Å². The Kier molecular flexibility index (Phi) is 6.49. The van der Waals surface area contributed by atoms with Crippen molar-refractivity contribution in [2.45, 2.75) is 6.10 Å². The Balaban J connectivity index is 1.84. The monoisotopic (exact) mass is 385 g/mol. The fourth-order valence-electron chi connectivity index (χ4n) is 2.98. The minimum atomic E-state index is -1.03. The molecule has 148 valence electrons. The van der Waals surface area contributed by atoms with Gasteiger partial charge in [0, 0.05) is 18.7 Å². The zero-order chi connectivity index (χ0) is 19.9. The number of ether oxygens (including phenoxy) is 4. The van der Waals surface area contributed by atoms with Crippen LogP contribution in [0.1, 0.15) is 22.0 Å². The van der Waals surface area contributed by atoms with Crippen molar-refractivity contribution >= 4 is 11.9 Å². The maximum absolute atomic E-state index is 13.0. The Hall–Kier alpha value is -3.06. The summed E-state index contributed by atoms with van der Waals surface area (Å²) in [6.45, 7) is 1.87. The van der Waals surface area contributed by atoms with E-state index in [1.165, 1.54) is 20.3 Å². The van der Waals surface area contributed by atoms with Crippen LogP contribution in [-0.4, -0.2) is 57.3 Å². The lowest BCUT2D eigenvalue weighted by Gasteiger charge is -2.30. The van der Waals surface area contributed by atoms with Crippen molar-refractivity contribution in [2.24, 2.45) is 0 Å². The molecule has 1 saturated heterocycles. The highest BCUT2D eigenvalue weighted by atomic mass is 16.5. The molecule has 1 amide bonds. The molecule has 0 aromatic heterocycles. The molecule has 0 saturated carbocycles. The highest BCUT2D eigenvalue weighted by molar-refractivity contribution is 5.93. The van der Waals surface area contributed by atoms with Crippen molar-refractivity contribution < 1.29 is 28.5 Å². The number of morpholine rings is 1. The molecule has 1 aliphatic heterocycles. The number of hydrogen-bond acceptors (Lipinski definition) is 6. The molecule has 0 aliphatic carbocycles. The third-order valence-corrected chi connectivity index (χ3v) is 4.49. The first kappa shape index (κ1) is 19.7. The molecular weight excluding hydrogens is 362 g/mol. The van der Waals surface area contributed by atoms with E-state index in [4.69, 9.17) is 18.9 Å². The summed E-state index contributed by atoms with van der Waals surface area (Å²) >= 11 is 0. The van der Waals surface area contributed by atoms with E-state index in [0.717, 1.165) is 0 Å². The summed E-state index contributed by atoms with van der Waals surface area (Å²) in [7, 11) is 3.00. The first-order valence-electron chi connectivity index (χ1n) is 8.98. The summed E-state index contributed by atoms with van der Waals surface area (Å²) < 4.78 is 21.4. The van der Waals surface area contributed by atoms with Crippen LogP contribution in [0.3, 0.4) is 0 Å². The van der Waals surface area contributed by atoms with Crippen LogP contribution in [0.2, 0.25) is 0 Å². The predicted octanol–water partition coefficient (Wildman–Crippen LogP) is 2.46. The number of esters is 1. The first-order valence-corrected chi connectivity index (χ1v) is 8.98. The summed E-state index contributed by atoms with van der Waals surface area (Å²) in [4.78, 5) is 27.5. The molecule has 2 aromatic carbocycles. The van der Waals surface area contributed by atoms with Crippen LogP contribution in [0.25, 0.3) is 0 Å². The van der Waals surface area contributed by atoms with Crippen LogP contribution in [0.15, 0.2) is 48.5 Å². The third-order valence-electron chi connectivity index (χ3n) is 4.49. The van der Waals surface area contributed by atoms with E-state index < -0.39 is 12.1 Å². The number of rotatable bonds is 6. The smallest absolute Gasteiger partial charge is 0.339 e. The zero-order valence-electron chi connectivity index (χ0n) is 15.9. The minimum absolute atomic E-state index is 0.261. The van der Waals surface area contributed by atoms with Crippen LogP contribution in [0.5, 0.6) is 11.5 Å². The zero-order valence-corrected chi connectivity index (χ0v) is 15.9. The molecule has 7 nitrogen and oxygen atoms in total. The summed E-state index contributed by atoms with van der Waals surface area (Å²) in [5.41, 5.74) is 0.890. The van der Waals surface area contributed by atoms with Gasteiger partial charge in [0.05, 0.1) is 33.0 Å². The van der Waals surface area contributed by atoms with E-state index in [-0.39, 0.29) is 11.5 Å². The maximum atomic E-state index is 13.0. The lowest BCUT2D eigenvalue weighted by atomic mass is 10.1. The van der Waals surface area contributed by atoms with Crippen molar-refractivity contribution in [1.29, 1.82) is 0 Å². The molecule has 1 fully saturated rings. The lowest BCUT2D eigenvalue weighted by molar-refractivity contribution is -0.145. The van der Waals surface area contributed by atoms with Crippen molar-refractivity contribution in [3.8, 4) is 11.5 Å². The Bertz CT molecular complexity index is 817. The molecule has 1 heterocycles. The Morgan fingerprint density at radius 1 is 0.964 bits per heavy atom. The number of carbonyl (C=O) groups is 2. The van der Waals surface area contributed by atoms with Crippen LogP contribution >= 0.6 is 0 Å². The van der Waals surface area contributed by atoms with Gasteiger partial charge in [-0.05, 0) is 18.2 Å². The molecule has 7 heteroatoms. The fraction of sp³-hybridized carbons (Fsp3) is 0.333. The minimum Gasteiger partial charge on any atom is -0.493 e. The molecule has 2 aromatic rings. The van der Waals surface area contributed by atoms with Gasteiger partial charge in [-0.2, -0.15) is 0 Å². The standard InChI is InChI=1S/C21H23NO6/c1-25-17-9-8-16(14-18(17)26-2)21(24)28-19(15-6-4-3-5-7-15)20(23)22-10-12-27-13-11-22/h3-9,14,19H,10-13H2,1-2H3/t19-/m1/s1. The Labute approximate surface area is 163 Å². The second kappa shape index (κ2) is 9.23. The average molecular weight is 385 g/mol. The van der Waals surface area contributed by atoms with Gasteiger partial charge < -0.3 is 23.8 Å². The average Bonchev–Trinajstić information content (AvgIpc) is 2.77. The second-order valence-corrected chi connectivity index (χ2v) is 6.20. The number of nitrogens with zero attached hydrogens (tertiary/aromatic N) is 1. The largest absolute Gasteiger partial charge is 0.493 e. The van der Waals surface area contributed by atoms with Gasteiger partial charge >= 0.3 is 5.97 Å². The third kappa shape index (κ3) is 4.43. The van der Waals surface area contributed by atoms with Gasteiger partial charge in [0.2, 0.25) is 6.10 Å². The second-order valence-electron chi connectivity index (χ2n) is 6.20. The van der Waals surface area contributed by atoms with Crippen molar-refractivity contribution in [3.63, 3.8) is 0 Å². The SMILES string of the molecule is COc1ccc(C(=O)O[C@@H](C(=O)N2CCOCC2)c2ccccc2)cc1OC. The molecule has 0 bridgehead atoms. The first-order chi connectivity index (χ1) is 13.6. The van der Waals surface area contributed by atoms with Gasteiger partial charge in [0.25, 0.3) is 5.91 Å². The molecule has 0 radical (unpaired) electrons. The van der Waals surface area contributed by atoms with Crippen LogP contribution in [0, 0.1) is 0 Å². The fourth-order valence-corrected chi connectivity index (χ4v) is 2.98. The predicted molar refractivity (Wildman–Crippen MR) is 102 cm³/mol. The van der Waals surface area contributed by atoms with Crippen molar-refractivity contribution in [1.82, 2.24) is 4.90 Å². The van der Waals surface area contributed by atoms with Crippen LogP contribution in [-0.2, 0) is 14.3 Å². The summed E-state index contributed by atoms with van der Waals surface area (Å²) in [6, 6.07) is 13.7. The topological polar surface area (TPSA) is 74.3 Å². The molecule has 28 heavy (non-hydrogen) atoms. The quantitative estimate of drug-likeness (QED) is 0.711. The number of hydrogen-bond donors (Lipinski definition) is 0. The van der Waals surface area contributed by atoms with E-state index in [1.807, 2.05) is 6.07 Å². The van der Waals surface area contributed by atoms with Gasteiger partial charge in [-0.3, -0.25) is 4.79 Å². The van der Waals surface area contributed by atoms with E-state index in [2.05, 4.69) is 0 Å². The van der Waals surface area contributed by atoms with Gasteiger partial charge in [0.15, 0.2) is 11.5 Å². The highest BCUT2D eigenvalue weighted by Crippen LogP contribution is 2.29. The van der Waals surface area contributed by atoms with Gasteiger partial charge in [-0.25, -0.2) is 4.79 Å². The van der Waals surface area contributed by atoms with Gasteiger partial charge in [-0.15, -0.1) is 0 Å². The van der Waals surface area contributed by atoms with E-state index in [1.54, 1.807) is 41.3 Å². The molecule has 3 rings (SSSR count). The maximum Gasteiger partial charge on any atom is 0.339 e. The number of benzene rings is 2. The van der Waals surface area contributed by atoms with Gasteiger partial charge in [-0.1, -0.05) is 30.3 Å². The van der Waals surface area contributed by atoms with Crippen molar-refractivity contribution in [3.05, 3.63) is 59.7 Å². The molecule has 1 atom stereocenters. The van der Waals surface area contributed by atoms with Crippen LogP contribution < -0.4 is 9.47 Å². The normalized spacial score (nSPS) is 14.9. The highest BCUT2D eigenvalue weighted by Gasteiger charge is 2.31.